The van der Waals surface area contributed by atoms with Gasteiger partial charge in [0.25, 0.3) is 0 Å². The quantitative estimate of drug-likeness (QED) is 0.328. The molecule has 0 bridgehead atoms. The zero-order valence-corrected chi connectivity index (χ0v) is 8.26. The first-order valence-electron chi connectivity index (χ1n) is 4.12. The molecule has 0 aliphatic rings. The van der Waals surface area contributed by atoms with E-state index in [4.69, 9.17) is 0 Å². The van der Waals surface area contributed by atoms with Crippen LogP contribution in [0.3, 0.4) is 0 Å². The van der Waals surface area contributed by atoms with Crippen LogP contribution < -0.4 is 0 Å². The van der Waals surface area contributed by atoms with Crippen LogP contribution in [0.2, 0.25) is 0 Å². The summed E-state index contributed by atoms with van der Waals surface area (Å²) in [4.78, 5) is 20.4. The Hall–Kier alpha value is -2.55. The number of nitrogens with zero attached hydrogens (tertiary/aromatic N) is 1. The van der Waals surface area contributed by atoms with Crippen molar-refractivity contribution < 1.29 is 19.6 Å². The normalized spacial score (nSPS) is 8.81. The average molecular weight is 221 g/mol. The minimum absolute atomic E-state index is 0.000370. The number of nitro benzene ring substituents is 1. The first-order chi connectivity index (χ1) is 7.56. The van der Waals surface area contributed by atoms with Gasteiger partial charge in [-0.25, -0.2) is 4.79 Å². The Morgan fingerprint density at radius 3 is 2.81 bits per heavy atom. The van der Waals surface area contributed by atoms with Crippen LogP contribution >= 0.6 is 0 Å². The summed E-state index contributed by atoms with van der Waals surface area (Å²) in [7, 11) is 1.16. The van der Waals surface area contributed by atoms with Crippen LogP contribution in [0, 0.1) is 22.0 Å². The van der Waals surface area contributed by atoms with Crippen molar-refractivity contribution in [1.82, 2.24) is 0 Å². The predicted molar refractivity (Wildman–Crippen MR) is 53.7 cm³/mol. The number of carbonyl (C=O) groups excluding carboxylic acids is 1. The molecule has 0 aromatic heterocycles. The smallest absolute Gasteiger partial charge is 0.384 e. The maximum atomic E-state index is 10.7. The van der Waals surface area contributed by atoms with Gasteiger partial charge in [0.05, 0.1) is 17.6 Å². The third kappa shape index (κ3) is 2.48. The van der Waals surface area contributed by atoms with Crippen LogP contribution in [0.15, 0.2) is 18.2 Å². The number of rotatable bonds is 1. The molecule has 82 valence electrons. The van der Waals surface area contributed by atoms with Crippen molar-refractivity contribution in [1.29, 1.82) is 0 Å². The number of esters is 1. The number of phenolic OH excluding ortho intramolecular Hbond substituents is 1. The largest absolute Gasteiger partial charge is 0.501 e. The summed E-state index contributed by atoms with van der Waals surface area (Å²) in [6, 6.07) is 3.86. The monoisotopic (exact) mass is 221 g/mol. The van der Waals surface area contributed by atoms with E-state index in [-0.39, 0.29) is 5.56 Å². The molecule has 1 aromatic carbocycles. The first-order valence-corrected chi connectivity index (χ1v) is 4.12. The summed E-state index contributed by atoms with van der Waals surface area (Å²) >= 11 is 0. The Bertz CT molecular complexity index is 498. The number of benzene rings is 1. The van der Waals surface area contributed by atoms with E-state index in [1.807, 2.05) is 0 Å². The molecule has 16 heavy (non-hydrogen) atoms. The highest BCUT2D eigenvalue weighted by atomic mass is 16.6. The molecule has 0 unspecified atom stereocenters. The number of methoxy groups -OCH3 is 1. The SMILES string of the molecule is COC(=O)C#Cc1cccc([N+](=O)[O-])c1O. The number of para-hydroxylation sites is 1. The van der Waals surface area contributed by atoms with Gasteiger partial charge in [0.1, 0.15) is 0 Å². The second kappa shape index (κ2) is 4.79. The summed E-state index contributed by atoms with van der Waals surface area (Å²) in [6.45, 7) is 0. The van der Waals surface area contributed by atoms with Gasteiger partial charge in [-0.05, 0) is 6.07 Å². The third-order valence-corrected chi connectivity index (χ3v) is 1.70. The summed E-state index contributed by atoms with van der Waals surface area (Å²) in [5.74, 6) is 2.99. The van der Waals surface area contributed by atoms with Crippen molar-refractivity contribution in [3.63, 3.8) is 0 Å². The lowest BCUT2D eigenvalue weighted by Gasteiger charge is -1.97. The topological polar surface area (TPSA) is 89.7 Å². The number of nitro groups is 1. The van der Waals surface area contributed by atoms with E-state index in [0.717, 1.165) is 13.2 Å². The molecule has 0 spiro atoms. The third-order valence-electron chi connectivity index (χ3n) is 1.70. The highest BCUT2D eigenvalue weighted by Gasteiger charge is 2.14. The van der Waals surface area contributed by atoms with Gasteiger partial charge in [-0.1, -0.05) is 12.0 Å². The van der Waals surface area contributed by atoms with Crippen molar-refractivity contribution in [2.24, 2.45) is 0 Å². The Labute approximate surface area is 90.6 Å². The number of ether oxygens (including phenoxy) is 1. The lowest BCUT2D eigenvalue weighted by Crippen LogP contribution is -1.95. The van der Waals surface area contributed by atoms with Gasteiger partial charge < -0.3 is 9.84 Å². The fourth-order valence-electron chi connectivity index (χ4n) is 0.949. The molecule has 0 saturated carbocycles. The van der Waals surface area contributed by atoms with Crippen LogP contribution in [0.1, 0.15) is 5.56 Å². The van der Waals surface area contributed by atoms with Crippen molar-refractivity contribution in [3.8, 4) is 17.6 Å². The molecule has 1 aromatic rings. The number of hydrogen-bond acceptors (Lipinski definition) is 5. The second-order valence-electron chi connectivity index (χ2n) is 2.67. The number of carbonyl (C=O) groups is 1. The Morgan fingerprint density at radius 1 is 1.56 bits per heavy atom. The van der Waals surface area contributed by atoms with Gasteiger partial charge in [-0.2, -0.15) is 0 Å². The minimum atomic E-state index is -0.786. The standard InChI is InChI=1S/C10H7NO5/c1-16-9(12)6-5-7-3-2-4-8(10(7)13)11(14)15/h2-4,13H,1H3. The zero-order chi connectivity index (χ0) is 12.1. The highest BCUT2D eigenvalue weighted by molar-refractivity contribution is 5.89. The van der Waals surface area contributed by atoms with E-state index in [1.165, 1.54) is 12.1 Å². The van der Waals surface area contributed by atoms with Crippen LogP contribution in [-0.4, -0.2) is 23.1 Å². The Kier molecular flexibility index (Phi) is 3.45. The van der Waals surface area contributed by atoms with Gasteiger partial charge in [-0.3, -0.25) is 10.1 Å². The molecule has 0 aliphatic carbocycles. The fraction of sp³-hybridized carbons (Fsp3) is 0.100. The van der Waals surface area contributed by atoms with Crippen molar-refractivity contribution >= 4 is 11.7 Å². The second-order valence-corrected chi connectivity index (χ2v) is 2.67. The molecule has 0 atom stereocenters. The van der Waals surface area contributed by atoms with E-state index in [9.17, 15) is 20.0 Å². The number of phenols is 1. The van der Waals surface area contributed by atoms with Gasteiger partial charge in [0, 0.05) is 12.0 Å². The van der Waals surface area contributed by atoms with E-state index in [1.54, 1.807) is 0 Å². The van der Waals surface area contributed by atoms with Gasteiger partial charge in [0.15, 0.2) is 0 Å². The molecule has 0 heterocycles. The molecule has 6 nitrogen and oxygen atoms in total. The van der Waals surface area contributed by atoms with E-state index >= 15 is 0 Å². The van der Waals surface area contributed by atoms with Crippen molar-refractivity contribution in [2.75, 3.05) is 7.11 Å². The molecule has 1 N–H and O–H groups in total. The van der Waals surface area contributed by atoms with E-state index in [0.29, 0.717) is 0 Å². The summed E-state index contributed by atoms with van der Waals surface area (Å²) < 4.78 is 4.26. The Balaban J connectivity index is 3.15. The lowest BCUT2D eigenvalue weighted by atomic mass is 10.2. The molecular formula is C10H7NO5. The van der Waals surface area contributed by atoms with Gasteiger partial charge >= 0.3 is 11.7 Å². The summed E-state index contributed by atoms with van der Waals surface area (Å²) in [5, 5.41) is 19.9. The maximum absolute atomic E-state index is 10.7. The van der Waals surface area contributed by atoms with Crippen molar-refractivity contribution in [2.45, 2.75) is 0 Å². The summed E-state index contributed by atoms with van der Waals surface area (Å²) in [6.07, 6.45) is 0. The highest BCUT2D eigenvalue weighted by Crippen LogP contribution is 2.28. The Morgan fingerprint density at radius 2 is 2.25 bits per heavy atom. The molecular weight excluding hydrogens is 214 g/mol. The predicted octanol–water partition coefficient (Wildman–Crippen LogP) is 0.825. The van der Waals surface area contributed by atoms with Crippen LogP contribution in [-0.2, 0) is 9.53 Å². The number of aromatic hydroxyl groups is 1. The molecule has 0 fully saturated rings. The average Bonchev–Trinajstić information content (AvgIpc) is 2.26. The van der Waals surface area contributed by atoms with E-state index < -0.39 is 22.3 Å². The molecule has 0 aliphatic heterocycles. The summed E-state index contributed by atoms with van der Waals surface area (Å²) in [5.41, 5.74) is -0.462. The molecule has 1 rings (SSSR count). The molecule has 0 amide bonds. The number of hydrogen-bond donors (Lipinski definition) is 1. The molecule has 6 heteroatoms. The lowest BCUT2D eigenvalue weighted by molar-refractivity contribution is -0.385. The van der Waals surface area contributed by atoms with Gasteiger partial charge in [-0.15, -0.1) is 0 Å². The zero-order valence-electron chi connectivity index (χ0n) is 8.26. The minimum Gasteiger partial charge on any atom is -0.501 e. The fourth-order valence-corrected chi connectivity index (χ4v) is 0.949. The van der Waals surface area contributed by atoms with E-state index in [2.05, 4.69) is 16.6 Å². The maximum Gasteiger partial charge on any atom is 0.384 e. The van der Waals surface area contributed by atoms with Crippen LogP contribution in [0.25, 0.3) is 0 Å². The van der Waals surface area contributed by atoms with Gasteiger partial charge in [0.2, 0.25) is 5.75 Å². The molecule has 0 saturated heterocycles. The first kappa shape index (κ1) is 11.5. The van der Waals surface area contributed by atoms with Crippen molar-refractivity contribution in [3.05, 3.63) is 33.9 Å². The molecule has 0 radical (unpaired) electrons. The van der Waals surface area contributed by atoms with Crippen LogP contribution in [0.4, 0.5) is 5.69 Å². The van der Waals surface area contributed by atoms with Crippen LogP contribution in [0.5, 0.6) is 5.75 Å².